The fraction of sp³-hybridized carbons (Fsp3) is 0.529. The molecule has 1 aromatic heterocycles. The fourth-order valence-electron chi connectivity index (χ4n) is 3.47. The van der Waals surface area contributed by atoms with Crippen molar-refractivity contribution in [2.75, 3.05) is 5.32 Å². The molecule has 1 N–H and O–H groups in total. The van der Waals surface area contributed by atoms with E-state index in [2.05, 4.69) is 60.6 Å². The lowest BCUT2D eigenvalue weighted by Gasteiger charge is -2.40. The molecule has 2 aromatic rings. The van der Waals surface area contributed by atoms with Crippen molar-refractivity contribution in [2.45, 2.75) is 46.1 Å². The van der Waals surface area contributed by atoms with E-state index in [1.807, 2.05) is 4.57 Å². The Hall–Kier alpha value is -1.84. The van der Waals surface area contributed by atoms with E-state index in [0.29, 0.717) is 17.4 Å². The second-order valence-corrected chi connectivity index (χ2v) is 7.05. The van der Waals surface area contributed by atoms with E-state index in [1.165, 1.54) is 24.9 Å². The number of hydrogen-bond donors (Lipinski definition) is 1. The van der Waals surface area contributed by atoms with E-state index in [0.717, 1.165) is 5.69 Å². The van der Waals surface area contributed by atoms with Crippen LogP contribution in [-0.4, -0.2) is 20.8 Å². The number of hydrogen-bond acceptors (Lipinski definition) is 3. The van der Waals surface area contributed by atoms with Crippen LogP contribution in [0.1, 0.15) is 40.0 Å². The third kappa shape index (κ3) is 3.26. The maximum absolute atomic E-state index is 3.86. The summed E-state index contributed by atoms with van der Waals surface area (Å²) in [7, 11) is 0. The number of benzene rings is 1. The summed E-state index contributed by atoms with van der Waals surface area (Å²) < 4.78 is 1.93. The second kappa shape index (κ2) is 5.51. The van der Waals surface area contributed by atoms with Gasteiger partial charge in [0.2, 0.25) is 0 Å². The van der Waals surface area contributed by atoms with Crippen molar-refractivity contribution in [3.8, 4) is 5.69 Å². The zero-order valence-corrected chi connectivity index (χ0v) is 13.1. The zero-order chi connectivity index (χ0) is 14.9. The van der Waals surface area contributed by atoms with Crippen molar-refractivity contribution in [3.63, 3.8) is 0 Å². The molecule has 112 valence electrons. The first-order valence-electron chi connectivity index (χ1n) is 7.75. The fourth-order valence-corrected chi connectivity index (χ4v) is 3.47. The molecular weight excluding hydrogens is 260 g/mol. The Labute approximate surface area is 126 Å². The maximum Gasteiger partial charge on any atom is 0.123 e. The molecule has 1 heterocycles. The van der Waals surface area contributed by atoms with Gasteiger partial charge < -0.3 is 5.32 Å². The first-order chi connectivity index (χ1) is 10.0. The van der Waals surface area contributed by atoms with Crippen LogP contribution in [0, 0.1) is 11.3 Å². The van der Waals surface area contributed by atoms with Crippen molar-refractivity contribution in [3.05, 3.63) is 36.9 Å². The molecule has 2 atom stereocenters. The SMILES string of the molecule is CC1CC(C)(C)CCC1Nc1cccc(-n2cnnc2)c1. The Morgan fingerprint density at radius 2 is 2.00 bits per heavy atom. The topological polar surface area (TPSA) is 42.7 Å². The summed E-state index contributed by atoms with van der Waals surface area (Å²) in [6.07, 6.45) is 7.27. The van der Waals surface area contributed by atoms with Crippen LogP contribution in [0.25, 0.3) is 5.69 Å². The molecule has 1 aromatic carbocycles. The van der Waals surface area contributed by atoms with Crippen molar-refractivity contribution >= 4 is 5.69 Å². The molecule has 3 rings (SSSR count). The van der Waals surface area contributed by atoms with E-state index in [4.69, 9.17) is 0 Å². The van der Waals surface area contributed by atoms with E-state index in [-0.39, 0.29) is 0 Å². The van der Waals surface area contributed by atoms with E-state index >= 15 is 0 Å². The number of rotatable bonds is 3. The average Bonchev–Trinajstić information content (AvgIpc) is 2.96. The summed E-state index contributed by atoms with van der Waals surface area (Å²) in [5.41, 5.74) is 2.76. The highest BCUT2D eigenvalue weighted by Crippen LogP contribution is 2.39. The minimum absolute atomic E-state index is 0.488. The third-order valence-electron chi connectivity index (χ3n) is 4.61. The first-order valence-corrected chi connectivity index (χ1v) is 7.75. The molecular formula is C17H24N4. The summed E-state index contributed by atoms with van der Waals surface area (Å²) in [6, 6.07) is 9.02. The van der Waals surface area contributed by atoms with Crippen LogP contribution >= 0.6 is 0 Å². The Kier molecular flexibility index (Phi) is 3.70. The van der Waals surface area contributed by atoms with Gasteiger partial charge in [-0.15, -0.1) is 10.2 Å². The summed E-state index contributed by atoms with van der Waals surface area (Å²) in [6.45, 7) is 7.13. The van der Waals surface area contributed by atoms with Crippen LogP contribution in [0.4, 0.5) is 5.69 Å². The van der Waals surface area contributed by atoms with Gasteiger partial charge in [-0.1, -0.05) is 26.8 Å². The molecule has 1 aliphatic rings. The van der Waals surface area contributed by atoms with Gasteiger partial charge in [0.1, 0.15) is 12.7 Å². The van der Waals surface area contributed by atoms with Gasteiger partial charge in [0.25, 0.3) is 0 Å². The zero-order valence-electron chi connectivity index (χ0n) is 13.1. The van der Waals surface area contributed by atoms with Gasteiger partial charge in [-0.3, -0.25) is 4.57 Å². The van der Waals surface area contributed by atoms with Crippen LogP contribution in [-0.2, 0) is 0 Å². The molecule has 0 bridgehead atoms. The minimum atomic E-state index is 0.488. The van der Waals surface area contributed by atoms with Gasteiger partial charge in [0, 0.05) is 11.7 Å². The molecule has 0 spiro atoms. The van der Waals surface area contributed by atoms with Crippen molar-refractivity contribution < 1.29 is 0 Å². The lowest BCUT2D eigenvalue weighted by molar-refractivity contribution is 0.177. The van der Waals surface area contributed by atoms with Crippen molar-refractivity contribution in [1.82, 2.24) is 14.8 Å². The lowest BCUT2D eigenvalue weighted by atomic mass is 9.70. The molecule has 4 heteroatoms. The third-order valence-corrected chi connectivity index (χ3v) is 4.61. The normalized spacial score (nSPS) is 24.7. The van der Waals surface area contributed by atoms with Crippen LogP contribution in [0.15, 0.2) is 36.9 Å². The van der Waals surface area contributed by atoms with Crippen molar-refractivity contribution in [2.24, 2.45) is 11.3 Å². The molecule has 0 saturated heterocycles. The molecule has 0 amide bonds. The maximum atomic E-state index is 3.86. The summed E-state index contributed by atoms with van der Waals surface area (Å²) >= 11 is 0. The predicted molar refractivity (Wildman–Crippen MR) is 85.6 cm³/mol. The molecule has 0 aliphatic heterocycles. The number of anilines is 1. The lowest BCUT2D eigenvalue weighted by Crippen LogP contribution is -2.36. The van der Waals surface area contributed by atoms with Crippen LogP contribution in [0.3, 0.4) is 0 Å². The highest BCUT2D eigenvalue weighted by atomic mass is 15.2. The number of aromatic nitrogens is 3. The molecule has 0 radical (unpaired) electrons. The first kappa shape index (κ1) is 14.1. The summed E-state index contributed by atoms with van der Waals surface area (Å²) in [5, 5.41) is 11.4. The quantitative estimate of drug-likeness (QED) is 0.929. The van der Waals surface area contributed by atoms with Crippen LogP contribution < -0.4 is 5.32 Å². The van der Waals surface area contributed by atoms with E-state index < -0.39 is 0 Å². The van der Waals surface area contributed by atoms with Gasteiger partial charge in [-0.05, 0) is 48.8 Å². The van der Waals surface area contributed by atoms with Gasteiger partial charge in [0.15, 0.2) is 0 Å². The van der Waals surface area contributed by atoms with E-state index in [1.54, 1.807) is 12.7 Å². The molecule has 1 aliphatic carbocycles. The van der Waals surface area contributed by atoms with Crippen LogP contribution in [0.2, 0.25) is 0 Å². The Morgan fingerprint density at radius 1 is 1.24 bits per heavy atom. The molecule has 21 heavy (non-hydrogen) atoms. The molecule has 1 fully saturated rings. The highest BCUT2D eigenvalue weighted by Gasteiger charge is 2.32. The predicted octanol–water partition coefficient (Wildman–Crippen LogP) is 3.89. The smallest absolute Gasteiger partial charge is 0.123 e. The molecule has 2 unspecified atom stereocenters. The minimum Gasteiger partial charge on any atom is -0.382 e. The second-order valence-electron chi connectivity index (χ2n) is 7.05. The number of nitrogens with zero attached hydrogens (tertiary/aromatic N) is 3. The van der Waals surface area contributed by atoms with Crippen LogP contribution in [0.5, 0.6) is 0 Å². The van der Waals surface area contributed by atoms with Gasteiger partial charge >= 0.3 is 0 Å². The largest absolute Gasteiger partial charge is 0.382 e. The van der Waals surface area contributed by atoms with E-state index in [9.17, 15) is 0 Å². The standard InChI is InChI=1S/C17H24N4/c1-13-10-17(2,3)8-7-16(13)20-14-5-4-6-15(9-14)21-11-18-19-12-21/h4-6,9,11-13,16,20H,7-8,10H2,1-3H3. The van der Waals surface area contributed by atoms with Gasteiger partial charge in [-0.2, -0.15) is 0 Å². The Balaban J connectivity index is 1.72. The van der Waals surface area contributed by atoms with Gasteiger partial charge in [0.05, 0.1) is 5.69 Å². The Bertz CT molecular complexity index is 589. The number of nitrogens with one attached hydrogen (secondary N) is 1. The summed E-state index contributed by atoms with van der Waals surface area (Å²) in [4.78, 5) is 0. The highest BCUT2D eigenvalue weighted by molar-refractivity contribution is 5.51. The monoisotopic (exact) mass is 284 g/mol. The molecule has 1 saturated carbocycles. The average molecular weight is 284 g/mol. The summed E-state index contributed by atoms with van der Waals surface area (Å²) in [5.74, 6) is 0.701. The Morgan fingerprint density at radius 3 is 2.71 bits per heavy atom. The molecule has 4 nitrogen and oxygen atoms in total. The van der Waals surface area contributed by atoms with Gasteiger partial charge in [-0.25, -0.2) is 0 Å². The van der Waals surface area contributed by atoms with Crippen molar-refractivity contribution in [1.29, 1.82) is 0 Å².